The van der Waals surface area contributed by atoms with E-state index < -0.39 is 274 Å². The van der Waals surface area contributed by atoms with Gasteiger partial charge in [0.15, 0.2) is 37.7 Å². The van der Waals surface area contributed by atoms with Gasteiger partial charge < -0.3 is 180 Å². The minimum atomic E-state index is -2.03. The molecule has 23 N–H and O–H groups in total. The number of amides is 3. The van der Waals surface area contributed by atoms with Gasteiger partial charge in [0.05, 0.1) is 72.5 Å². The molecule has 0 saturated carbocycles. The van der Waals surface area contributed by atoms with Gasteiger partial charge in [0.2, 0.25) is 17.7 Å². The molecule has 0 unspecified atom stereocenters. The molecule has 6 fully saturated rings. The van der Waals surface area contributed by atoms with Crippen LogP contribution >= 0.6 is 0 Å². The van der Waals surface area contributed by atoms with Crippen LogP contribution in [-0.2, 0) is 76.0 Å². The first-order chi connectivity index (χ1) is 44.1. The van der Waals surface area contributed by atoms with Gasteiger partial charge in [-0.25, -0.2) is 0 Å². The molecule has 6 rings (SSSR count). The van der Waals surface area contributed by atoms with E-state index in [1.807, 2.05) is 0 Å². The zero-order chi connectivity index (χ0) is 68.5. The number of ketones is 1. The zero-order valence-corrected chi connectivity index (χ0v) is 50.5. The van der Waals surface area contributed by atoms with Crippen LogP contribution in [0.25, 0.3) is 0 Å². The van der Waals surface area contributed by atoms with Crippen molar-refractivity contribution < 1.29 is 178 Å². The summed E-state index contributed by atoms with van der Waals surface area (Å²) in [6.45, 7) is -6.92. The number of nitrogens with one attached hydrogen (secondary N) is 3. The lowest BCUT2D eigenvalue weighted by atomic mass is 9.96. The van der Waals surface area contributed by atoms with E-state index in [9.17, 15) is 121 Å². The first kappa shape index (κ1) is 78.8. The van der Waals surface area contributed by atoms with Crippen molar-refractivity contribution in [2.24, 2.45) is 0 Å². The summed E-state index contributed by atoms with van der Waals surface area (Å²) in [7, 11) is 0. The fourth-order valence-corrected chi connectivity index (χ4v) is 10.7. The SMILES string of the molecule is CC(=O)CCCCCNC(=O)CN(CC(=O)NCCO[C@@H]1O[C@H](CO[C@H]2O[C@H](CO)[C@H](O)[C@H](O)[C@@H]2O)[C@@H](O)[C@H](O[C@H]2O[C@H](CO)[C@@H](O)[C@H](O)[C@@H]2O)[C@H]1O)CC(=O)NCCO[C@@H]1O[C@H](CO[C@H]2O[C@H](CO)[C@@H](O)[C@H](O)[C@@H]2O)[C@@H](O)[C@H](O[C@H]2O[C@H](CO)[C@@H](O)[C@H](O)[C@@H]2O)[C@H]1O. The van der Waals surface area contributed by atoms with Crippen LogP contribution < -0.4 is 16.0 Å². The smallest absolute Gasteiger partial charge is 0.234 e. The monoisotopic (exact) mass is 1360 g/mol. The summed E-state index contributed by atoms with van der Waals surface area (Å²) < 4.78 is 67.0. The fraction of sp³-hybridized carbons (Fsp3) is 0.925. The minimum absolute atomic E-state index is 0.0100. The lowest BCUT2D eigenvalue weighted by Gasteiger charge is -2.46. The number of rotatable bonds is 34. The van der Waals surface area contributed by atoms with Crippen LogP contribution in [0, 0.1) is 0 Å². The molecule has 6 aliphatic rings. The van der Waals surface area contributed by atoms with E-state index in [1.165, 1.54) is 6.92 Å². The van der Waals surface area contributed by atoms with E-state index in [1.54, 1.807) is 0 Å². The number of ether oxygens (including phenoxy) is 12. The van der Waals surface area contributed by atoms with Gasteiger partial charge in [0.25, 0.3) is 0 Å². The number of Topliss-reactive ketones (excluding diaryl/α,β-unsaturated/α-hetero) is 1. The van der Waals surface area contributed by atoms with Gasteiger partial charge in [0.1, 0.15) is 152 Å². The second kappa shape index (κ2) is 37.6. The Labute approximate surface area is 530 Å². The highest BCUT2D eigenvalue weighted by Crippen LogP contribution is 2.34. The van der Waals surface area contributed by atoms with Gasteiger partial charge in [-0.05, 0) is 19.8 Å². The van der Waals surface area contributed by atoms with Crippen molar-refractivity contribution in [1.29, 1.82) is 0 Å². The maximum Gasteiger partial charge on any atom is 0.234 e. The Morgan fingerprint density at radius 2 is 0.645 bits per heavy atom. The maximum atomic E-state index is 13.5. The van der Waals surface area contributed by atoms with E-state index in [-0.39, 0.29) is 25.4 Å². The molecule has 3 amide bonds. The van der Waals surface area contributed by atoms with Crippen molar-refractivity contribution in [3.63, 3.8) is 0 Å². The molecule has 93 heavy (non-hydrogen) atoms. The molecule has 6 heterocycles. The second-order valence-electron chi connectivity index (χ2n) is 23.2. The van der Waals surface area contributed by atoms with Crippen molar-refractivity contribution in [3.05, 3.63) is 0 Å². The molecule has 0 spiro atoms. The maximum absolute atomic E-state index is 13.5. The summed E-state index contributed by atoms with van der Waals surface area (Å²) in [5.41, 5.74) is 0. The summed E-state index contributed by atoms with van der Waals surface area (Å²) >= 11 is 0. The molecule has 40 heteroatoms. The Kier molecular flexibility index (Phi) is 31.9. The summed E-state index contributed by atoms with van der Waals surface area (Å²) in [6.07, 6.45) is -52.4. The largest absolute Gasteiger partial charge is 0.394 e. The Bertz CT molecular complexity index is 2130. The standard InChI is InChI=1S/C53H92N4O36/c1-20(62)5-3-2-4-6-54-27(63)11-57(12-28(64)55-7-9-82-50-44(80)46(92-52-42(78)38(74)32(68)23(16-60)88-52)34(70)25(90-50)18-84-48-40(76)36(72)30(66)21(14-58)86-48)13-29(65)56-8-10-83-51-45(81)47(93-53-43(79)39(75)33(69)24(17-61)89-53)35(71)26(91-51)19-85-49-41(77)37(73)31(67)22(15-59)87-49/h21-26,30-53,58-61,66-81H,2-19H2,1H3,(H,54,63)(H,55,64)(H,56,65)/t21-,22-,23-,24-,25-,26-,30-,31+,32-,33-,34-,35-,36+,37+,38+,39+,40+,41+,42+,43+,44-,45-,46+,47+,48+,49+,50-,51-,52-,53-/m1/s1. The Morgan fingerprint density at radius 1 is 0.344 bits per heavy atom. The van der Waals surface area contributed by atoms with Crippen LogP contribution in [-0.4, -0.2) is 407 Å². The van der Waals surface area contributed by atoms with Crippen molar-refractivity contribution in [2.75, 3.05) is 92.1 Å². The number of hydrogen-bond acceptors (Lipinski definition) is 37. The predicted molar refractivity (Wildman–Crippen MR) is 295 cm³/mol. The van der Waals surface area contributed by atoms with Crippen molar-refractivity contribution >= 4 is 23.5 Å². The molecule has 0 aromatic heterocycles. The van der Waals surface area contributed by atoms with Crippen LogP contribution in [0.4, 0.5) is 0 Å². The fourth-order valence-electron chi connectivity index (χ4n) is 10.7. The number of carbonyl (C=O) groups is 4. The van der Waals surface area contributed by atoms with E-state index >= 15 is 0 Å². The summed E-state index contributed by atoms with van der Waals surface area (Å²) in [4.78, 5) is 52.7. The number of unbranched alkanes of at least 4 members (excludes halogenated alkanes) is 2. The van der Waals surface area contributed by atoms with Crippen LogP contribution in [0.3, 0.4) is 0 Å². The van der Waals surface area contributed by atoms with Gasteiger partial charge in [-0.1, -0.05) is 6.42 Å². The lowest BCUT2D eigenvalue weighted by Crippen LogP contribution is -2.65. The van der Waals surface area contributed by atoms with Gasteiger partial charge in [-0.15, -0.1) is 0 Å². The average molecular weight is 1360 g/mol. The topological polar surface area (TPSA) is 623 Å². The molecule has 0 aromatic rings. The Hall–Kier alpha value is -3.24. The van der Waals surface area contributed by atoms with Crippen molar-refractivity contribution in [1.82, 2.24) is 20.9 Å². The van der Waals surface area contributed by atoms with E-state index in [0.717, 1.165) is 4.90 Å². The van der Waals surface area contributed by atoms with Crippen LogP contribution in [0.15, 0.2) is 0 Å². The van der Waals surface area contributed by atoms with Gasteiger partial charge in [0, 0.05) is 26.1 Å². The van der Waals surface area contributed by atoms with E-state index in [0.29, 0.717) is 25.7 Å². The van der Waals surface area contributed by atoms with E-state index in [2.05, 4.69) is 16.0 Å². The number of hydrogen-bond donors (Lipinski definition) is 23. The molecule has 6 aliphatic heterocycles. The highest BCUT2D eigenvalue weighted by Gasteiger charge is 2.55. The summed E-state index contributed by atoms with van der Waals surface area (Å²) in [6, 6.07) is 0. The molecular weight excluding hydrogens is 1270 g/mol. The number of carbonyl (C=O) groups excluding carboxylic acids is 4. The van der Waals surface area contributed by atoms with Gasteiger partial charge >= 0.3 is 0 Å². The minimum Gasteiger partial charge on any atom is -0.394 e. The quantitative estimate of drug-likeness (QED) is 0.0266. The molecule has 540 valence electrons. The number of nitrogens with zero attached hydrogens (tertiary/aromatic N) is 1. The van der Waals surface area contributed by atoms with Crippen molar-refractivity contribution in [3.8, 4) is 0 Å². The third-order valence-electron chi connectivity index (χ3n) is 16.2. The van der Waals surface area contributed by atoms with Gasteiger partial charge in [-0.3, -0.25) is 19.3 Å². The third kappa shape index (κ3) is 21.1. The zero-order valence-electron chi connectivity index (χ0n) is 50.5. The normalized spacial score (nSPS) is 41.6. The second-order valence-corrected chi connectivity index (χ2v) is 23.2. The molecule has 0 bridgehead atoms. The molecule has 30 atom stereocenters. The van der Waals surface area contributed by atoms with Crippen molar-refractivity contribution in [2.45, 2.75) is 217 Å². The highest BCUT2D eigenvalue weighted by molar-refractivity contribution is 5.84. The molecule has 40 nitrogen and oxygen atoms in total. The molecule has 0 aliphatic carbocycles. The van der Waals surface area contributed by atoms with Crippen LogP contribution in [0.5, 0.6) is 0 Å². The lowest BCUT2D eigenvalue weighted by molar-refractivity contribution is -0.366. The van der Waals surface area contributed by atoms with Crippen LogP contribution in [0.2, 0.25) is 0 Å². The molecular formula is C53H92N4O36. The van der Waals surface area contributed by atoms with Gasteiger partial charge in [-0.2, -0.15) is 0 Å². The first-order valence-electron chi connectivity index (χ1n) is 30.2. The average Bonchev–Trinajstić information content (AvgIpc) is 0.801. The van der Waals surface area contributed by atoms with Crippen LogP contribution in [0.1, 0.15) is 32.6 Å². The molecule has 6 saturated heterocycles. The number of aliphatic hydroxyl groups excluding tert-OH is 20. The number of aliphatic hydroxyl groups is 20. The first-order valence-corrected chi connectivity index (χ1v) is 30.2. The summed E-state index contributed by atoms with van der Waals surface area (Å²) in [5.74, 6) is -2.25. The highest BCUT2D eigenvalue weighted by atomic mass is 16.8. The Balaban J connectivity index is 1.08. The predicted octanol–water partition coefficient (Wildman–Crippen LogP) is -15.3. The summed E-state index contributed by atoms with van der Waals surface area (Å²) in [5, 5.41) is 217. The molecule has 0 aromatic carbocycles. The Morgan fingerprint density at radius 3 is 0.978 bits per heavy atom. The molecule has 0 radical (unpaired) electrons. The van der Waals surface area contributed by atoms with E-state index in [4.69, 9.17) is 56.8 Å². The third-order valence-corrected chi connectivity index (χ3v) is 16.2.